The SMILES string of the molecule is CCCN(CCCCN1CCN(S(=O)(=O)N(C)C)CC1=O)C1CCc2ccc(OC)cc2C1. The smallest absolute Gasteiger partial charge is 0.282 e. The third-order valence-electron chi connectivity index (χ3n) is 6.84. The number of methoxy groups -OCH3 is 1. The van der Waals surface area contributed by atoms with Gasteiger partial charge in [0.05, 0.1) is 13.7 Å². The maximum atomic E-state index is 12.5. The van der Waals surface area contributed by atoms with Crippen molar-refractivity contribution < 1.29 is 17.9 Å². The average molecular weight is 481 g/mol. The molecule has 1 aliphatic carbocycles. The Balaban J connectivity index is 1.47. The second-order valence-corrected chi connectivity index (χ2v) is 11.4. The van der Waals surface area contributed by atoms with E-state index in [4.69, 9.17) is 4.74 Å². The molecule has 0 N–H and O–H groups in total. The largest absolute Gasteiger partial charge is 0.497 e. The fourth-order valence-electron chi connectivity index (χ4n) is 4.89. The number of piperazine rings is 1. The van der Waals surface area contributed by atoms with Crippen LogP contribution in [0.1, 0.15) is 43.7 Å². The maximum Gasteiger partial charge on any atom is 0.282 e. The number of benzene rings is 1. The molecule has 1 aliphatic heterocycles. The molecule has 1 saturated heterocycles. The van der Waals surface area contributed by atoms with E-state index in [1.54, 1.807) is 7.11 Å². The van der Waals surface area contributed by atoms with Crippen LogP contribution in [0.2, 0.25) is 0 Å². The number of fused-ring (bicyclic) bond motifs is 1. The predicted octanol–water partition coefficient (Wildman–Crippen LogP) is 2.00. The van der Waals surface area contributed by atoms with E-state index in [1.807, 2.05) is 4.90 Å². The Bertz CT molecular complexity index is 906. The number of hydrogen-bond donors (Lipinski definition) is 0. The van der Waals surface area contributed by atoms with Crippen LogP contribution in [-0.4, -0.2) is 99.3 Å². The van der Waals surface area contributed by atoms with Crippen molar-refractivity contribution in [2.45, 2.75) is 51.5 Å². The molecule has 0 saturated carbocycles. The zero-order valence-corrected chi connectivity index (χ0v) is 21.4. The Kier molecular flexibility index (Phi) is 9.15. The highest BCUT2D eigenvalue weighted by molar-refractivity contribution is 7.86. The van der Waals surface area contributed by atoms with E-state index in [9.17, 15) is 13.2 Å². The van der Waals surface area contributed by atoms with Crippen LogP contribution in [0.5, 0.6) is 5.75 Å². The van der Waals surface area contributed by atoms with Crippen LogP contribution in [0, 0.1) is 0 Å². The molecule has 1 heterocycles. The quantitative estimate of drug-likeness (QED) is 0.453. The predicted molar refractivity (Wildman–Crippen MR) is 131 cm³/mol. The maximum absolute atomic E-state index is 12.5. The zero-order valence-electron chi connectivity index (χ0n) is 20.6. The molecule has 1 fully saturated rings. The first-order valence-corrected chi connectivity index (χ1v) is 13.5. The number of unbranched alkanes of at least 4 members (excludes halogenated alkanes) is 1. The molecule has 0 bridgehead atoms. The molecule has 0 aromatic heterocycles. The zero-order chi connectivity index (χ0) is 24.0. The van der Waals surface area contributed by atoms with Crippen LogP contribution in [-0.2, 0) is 27.8 Å². The van der Waals surface area contributed by atoms with Gasteiger partial charge in [-0.1, -0.05) is 13.0 Å². The summed E-state index contributed by atoms with van der Waals surface area (Å²) in [6.45, 7) is 5.80. The van der Waals surface area contributed by atoms with Crippen molar-refractivity contribution in [3.05, 3.63) is 29.3 Å². The average Bonchev–Trinajstić information content (AvgIpc) is 2.80. The summed E-state index contributed by atoms with van der Waals surface area (Å²) in [6, 6.07) is 6.99. The number of carbonyl (C=O) groups is 1. The van der Waals surface area contributed by atoms with E-state index in [2.05, 4.69) is 30.0 Å². The number of amides is 1. The molecule has 1 amide bonds. The van der Waals surface area contributed by atoms with Crippen LogP contribution in [0.25, 0.3) is 0 Å². The normalized spacial score (nSPS) is 19.9. The highest BCUT2D eigenvalue weighted by Gasteiger charge is 2.32. The van der Waals surface area contributed by atoms with Crippen molar-refractivity contribution in [1.29, 1.82) is 0 Å². The Morgan fingerprint density at radius 2 is 1.91 bits per heavy atom. The minimum atomic E-state index is -3.53. The van der Waals surface area contributed by atoms with Crippen LogP contribution >= 0.6 is 0 Å². The Labute approximate surface area is 199 Å². The molecule has 2 aliphatic rings. The summed E-state index contributed by atoms with van der Waals surface area (Å²) in [4.78, 5) is 16.9. The molecule has 0 radical (unpaired) electrons. The summed E-state index contributed by atoms with van der Waals surface area (Å²) in [5.41, 5.74) is 2.85. The molecule has 1 aromatic carbocycles. The summed E-state index contributed by atoms with van der Waals surface area (Å²) in [5, 5.41) is 0. The molecular weight excluding hydrogens is 440 g/mol. The Hall–Kier alpha value is -1.68. The number of hydrogen-bond acceptors (Lipinski definition) is 5. The summed E-state index contributed by atoms with van der Waals surface area (Å²) in [7, 11) is 1.18. The van der Waals surface area contributed by atoms with Gasteiger partial charge < -0.3 is 14.5 Å². The Morgan fingerprint density at radius 3 is 2.58 bits per heavy atom. The molecule has 8 nitrogen and oxygen atoms in total. The van der Waals surface area contributed by atoms with Crippen molar-refractivity contribution in [2.24, 2.45) is 0 Å². The van der Waals surface area contributed by atoms with Gasteiger partial charge in [-0.3, -0.25) is 4.79 Å². The number of ether oxygens (including phenoxy) is 1. The van der Waals surface area contributed by atoms with Crippen molar-refractivity contribution in [1.82, 2.24) is 18.4 Å². The first-order chi connectivity index (χ1) is 15.8. The van der Waals surface area contributed by atoms with Gasteiger partial charge in [0.1, 0.15) is 5.75 Å². The van der Waals surface area contributed by atoms with E-state index in [-0.39, 0.29) is 12.5 Å². The third kappa shape index (κ3) is 6.47. The fraction of sp³-hybridized carbons (Fsp3) is 0.708. The van der Waals surface area contributed by atoms with Crippen molar-refractivity contribution in [3.63, 3.8) is 0 Å². The molecule has 1 aromatic rings. The first-order valence-electron chi connectivity index (χ1n) is 12.1. The van der Waals surface area contributed by atoms with Gasteiger partial charge >= 0.3 is 0 Å². The van der Waals surface area contributed by atoms with Crippen LogP contribution < -0.4 is 4.74 Å². The molecular formula is C24H40N4O4S. The number of carbonyl (C=O) groups excluding carboxylic acids is 1. The fourth-order valence-corrected chi connectivity index (χ4v) is 5.93. The van der Waals surface area contributed by atoms with Gasteiger partial charge in [-0.25, -0.2) is 0 Å². The van der Waals surface area contributed by atoms with Crippen molar-refractivity contribution in [2.75, 3.05) is 60.5 Å². The van der Waals surface area contributed by atoms with E-state index >= 15 is 0 Å². The first kappa shape index (κ1) is 25.9. The van der Waals surface area contributed by atoms with E-state index in [0.717, 1.165) is 55.2 Å². The summed E-state index contributed by atoms with van der Waals surface area (Å²) in [6.07, 6.45) is 6.45. The molecule has 186 valence electrons. The lowest BCUT2D eigenvalue weighted by Gasteiger charge is -2.36. The molecule has 1 unspecified atom stereocenters. The van der Waals surface area contributed by atoms with E-state index < -0.39 is 10.2 Å². The van der Waals surface area contributed by atoms with Crippen LogP contribution in [0.3, 0.4) is 0 Å². The minimum Gasteiger partial charge on any atom is -0.497 e. The number of nitrogens with zero attached hydrogens (tertiary/aromatic N) is 4. The summed E-state index contributed by atoms with van der Waals surface area (Å²) in [5.74, 6) is 0.828. The van der Waals surface area contributed by atoms with E-state index in [0.29, 0.717) is 25.7 Å². The Morgan fingerprint density at radius 1 is 1.12 bits per heavy atom. The monoisotopic (exact) mass is 480 g/mol. The topological polar surface area (TPSA) is 73.4 Å². The van der Waals surface area contributed by atoms with Gasteiger partial charge in [-0.15, -0.1) is 0 Å². The highest BCUT2D eigenvalue weighted by Crippen LogP contribution is 2.28. The third-order valence-corrected chi connectivity index (χ3v) is 8.72. The van der Waals surface area contributed by atoms with Crippen molar-refractivity contribution in [3.8, 4) is 5.75 Å². The van der Waals surface area contributed by atoms with Gasteiger partial charge in [0, 0.05) is 39.8 Å². The molecule has 1 atom stereocenters. The standard InChI is InChI=1S/C24H40N4O4S/c1-5-12-26(22-10-8-20-9-11-23(32-4)18-21(20)17-22)13-6-7-14-27-15-16-28(19-24(27)29)33(30,31)25(2)3/h9,11,18,22H,5-8,10,12-17,19H2,1-4H3. The molecule has 3 rings (SSSR count). The van der Waals surface area contributed by atoms with Gasteiger partial charge in [0.25, 0.3) is 10.2 Å². The molecule has 0 spiro atoms. The van der Waals surface area contributed by atoms with Gasteiger partial charge in [0.15, 0.2) is 0 Å². The van der Waals surface area contributed by atoms with Gasteiger partial charge in [-0.2, -0.15) is 17.0 Å². The summed E-state index contributed by atoms with van der Waals surface area (Å²) < 4.78 is 32.4. The lowest BCUT2D eigenvalue weighted by Crippen LogP contribution is -2.54. The number of aryl methyl sites for hydroxylation is 1. The molecule has 9 heteroatoms. The lowest BCUT2D eigenvalue weighted by atomic mass is 9.87. The van der Waals surface area contributed by atoms with Crippen molar-refractivity contribution >= 4 is 16.1 Å². The van der Waals surface area contributed by atoms with Gasteiger partial charge in [-0.05, 0) is 74.9 Å². The number of rotatable bonds is 11. The molecule has 33 heavy (non-hydrogen) atoms. The van der Waals surface area contributed by atoms with Gasteiger partial charge in [0.2, 0.25) is 5.91 Å². The van der Waals surface area contributed by atoms with E-state index in [1.165, 1.54) is 35.9 Å². The minimum absolute atomic E-state index is 0.0621. The van der Waals surface area contributed by atoms with Crippen LogP contribution in [0.15, 0.2) is 18.2 Å². The lowest BCUT2D eigenvalue weighted by molar-refractivity contribution is -0.134. The second kappa shape index (κ2) is 11.6. The second-order valence-electron chi connectivity index (χ2n) is 9.28. The summed E-state index contributed by atoms with van der Waals surface area (Å²) >= 11 is 0. The highest BCUT2D eigenvalue weighted by atomic mass is 32.2. The van der Waals surface area contributed by atoms with Crippen LogP contribution in [0.4, 0.5) is 0 Å².